The molecular weight excluding hydrogens is 431 g/mol. The molecule has 8 heteroatoms. The van der Waals surface area contributed by atoms with E-state index in [-0.39, 0.29) is 27.5 Å². The highest BCUT2D eigenvalue weighted by Crippen LogP contribution is 2.35. The summed E-state index contributed by atoms with van der Waals surface area (Å²) in [5.74, 6) is -1.91. The minimum absolute atomic E-state index is 0.0646. The van der Waals surface area contributed by atoms with Gasteiger partial charge in [-0.2, -0.15) is 13.2 Å². The van der Waals surface area contributed by atoms with Crippen molar-refractivity contribution >= 4 is 34.3 Å². The van der Waals surface area contributed by atoms with Crippen LogP contribution in [0, 0.1) is 0 Å². The van der Waals surface area contributed by atoms with Gasteiger partial charge in [0.05, 0.1) is 16.6 Å². The first-order chi connectivity index (χ1) is 14.7. The van der Waals surface area contributed by atoms with Crippen LogP contribution in [0.5, 0.6) is 0 Å². The highest BCUT2D eigenvalue weighted by molar-refractivity contribution is 6.32. The number of rotatable bonds is 4. The Morgan fingerprint density at radius 1 is 0.903 bits per heavy atom. The van der Waals surface area contributed by atoms with Crippen LogP contribution in [0.15, 0.2) is 72.8 Å². The third kappa shape index (κ3) is 3.68. The van der Waals surface area contributed by atoms with Crippen molar-refractivity contribution in [3.63, 3.8) is 0 Å². The number of ketones is 1. The molecule has 0 aliphatic heterocycles. The summed E-state index contributed by atoms with van der Waals surface area (Å²) in [6.07, 6.45) is -4.54. The molecule has 0 fully saturated rings. The fraction of sp³-hybridized carbons (Fsp3) is 0.0435. The first-order valence-corrected chi connectivity index (χ1v) is 9.41. The molecular formula is C23H13ClF3NO3. The van der Waals surface area contributed by atoms with Gasteiger partial charge in [0.25, 0.3) is 0 Å². The zero-order chi connectivity index (χ0) is 22.3. The lowest BCUT2D eigenvalue weighted by molar-refractivity contribution is -0.137. The van der Waals surface area contributed by atoms with Gasteiger partial charge in [-0.15, -0.1) is 0 Å². The maximum atomic E-state index is 13.2. The van der Waals surface area contributed by atoms with Gasteiger partial charge in [-0.25, -0.2) is 4.79 Å². The molecule has 3 aromatic carbocycles. The maximum Gasteiger partial charge on any atom is 0.416 e. The van der Waals surface area contributed by atoms with E-state index in [4.69, 9.17) is 11.6 Å². The van der Waals surface area contributed by atoms with E-state index in [0.717, 1.165) is 24.3 Å². The monoisotopic (exact) mass is 443 g/mol. The summed E-state index contributed by atoms with van der Waals surface area (Å²) < 4.78 is 40.1. The Kier molecular flexibility index (Phi) is 5.07. The number of fused-ring (bicyclic) bond motifs is 1. The zero-order valence-corrected chi connectivity index (χ0v) is 16.4. The summed E-state index contributed by atoms with van der Waals surface area (Å²) in [6.45, 7) is 0. The van der Waals surface area contributed by atoms with Crippen LogP contribution < -0.4 is 0 Å². The number of nitrogens with zero attached hydrogens (tertiary/aromatic N) is 1. The Bertz CT molecular complexity index is 1310. The number of carbonyl (C=O) groups excluding carboxylic acids is 1. The molecule has 4 rings (SSSR count). The summed E-state index contributed by atoms with van der Waals surface area (Å²) >= 11 is 6.11. The largest absolute Gasteiger partial charge is 0.477 e. The number of alkyl halides is 3. The second kappa shape index (κ2) is 7.59. The lowest BCUT2D eigenvalue weighted by Crippen LogP contribution is -2.13. The van der Waals surface area contributed by atoms with Crippen molar-refractivity contribution < 1.29 is 27.9 Å². The average molecular weight is 444 g/mol. The summed E-state index contributed by atoms with van der Waals surface area (Å²) in [5.41, 5.74) is -0.556. The molecule has 4 aromatic rings. The van der Waals surface area contributed by atoms with Crippen LogP contribution in [-0.2, 0) is 6.18 Å². The van der Waals surface area contributed by atoms with E-state index in [1.165, 1.54) is 22.8 Å². The highest BCUT2D eigenvalue weighted by Gasteiger charge is 2.31. The quantitative estimate of drug-likeness (QED) is 0.380. The second-order valence-corrected chi connectivity index (χ2v) is 7.20. The van der Waals surface area contributed by atoms with Gasteiger partial charge < -0.3 is 9.67 Å². The van der Waals surface area contributed by atoms with E-state index >= 15 is 0 Å². The van der Waals surface area contributed by atoms with Crippen molar-refractivity contribution in [3.05, 3.63) is 100 Å². The second-order valence-electron chi connectivity index (χ2n) is 6.77. The molecule has 0 unspecified atom stereocenters. The van der Waals surface area contributed by atoms with Gasteiger partial charge in [-0.05, 0) is 36.4 Å². The molecule has 0 atom stereocenters. The van der Waals surface area contributed by atoms with Crippen molar-refractivity contribution in [3.8, 4) is 5.69 Å². The molecule has 0 saturated carbocycles. The van der Waals surface area contributed by atoms with E-state index in [0.29, 0.717) is 10.9 Å². The molecule has 0 saturated heterocycles. The fourth-order valence-corrected chi connectivity index (χ4v) is 3.66. The summed E-state index contributed by atoms with van der Waals surface area (Å²) in [5, 5.41) is 10.6. The lowest BCUT2D eigenvalue weighted by Gasteiger charge is -2.11. The van der Waals surface area contributed by atoms with Gasteiger partial charge in [0.2, 0.25) is 0 Å². The topological polar surface area (TPSA) is 59.3 Å². The number of hydrogen-bond acceptors (Lipinski definition) is 2. The number of carbonyl (C=O) groups is 2. The number of hydrogen-bond donors (Lipinski definition) is 1. The van der Waals surface area contributed by atoms with E-state index < -0.39 is 23.5 Å². The van der Waals surface area contributed by atoms with E-state index in [1.54, 1.807) is 30.3 Å². The summed E-state index contributed by atoms with van der Waals surface area (Å²) in [6, 6.07) is 16.7. The Balaban J connectivity index is 2.04. The maximum absolute atomic E-state index is 13.2. The van der Waals surface area contributed by atoms with Crippen molar-refractivity contribution in [1.29, 1.82) is 0 Å². The van der Waals surface area contributed by atoms with Gasteiger partial charge in [0.1, 0.15) is 5.69 Å². The van der Waals surface area contributed by atoms with Crippen LogP contribution in [0.2, 0.25) is 5.02 Å². The molecule has 0 aliphatic carbocycles. The van der Waals surface area contributed by atoms with Crippen LogP contribution in [-0.4, -0.2) is 21.4 Å². The van der Waals surface area contributed by atoms with Crippen molar-refractivity contribution in [2.75, 3.05) is 0 Å². The van der Waals surface area contributed by atoms with Crippen molar-refractivity contribution in [1.82, 2.24) is 4.57 Å². The SMILES string of the molecule is O=C(c1ccccc1)c1c(C(=O)O)n(-c2ccc(C(F)(F)F)cc2)c2cc(Cl)ccc12. The standard InChI is InChI=1S/C23H13ClF3NO3/c24-15-8-11-17-18(12-15)28(16-9-6-14(7-10-16)23(25,26)27)20(22(30)31)19(17)21(29)13-4-2-1-3-5-13/h1-12H,(H,30,31). The number of halogens is 4. The predicted molar refractivity (Wildman–Crippen MR) is 110 cm³/mol. The third-order valence-corrected chi connectivity index (χ3v) is 5.08. The summed E-state index contributed by atoms with van der Waals surface area (Å²) in [7, 11) is 0. The molecule has 1 N–H and O–H groups in total. The van der Waals surface area contributed by atoms with Gasteiger partial charge >= 0.3 is 12.1 Å². The van der Waals surface area contributed by atoms with Crippen LogP contribution in [0.3, 0.4) is 0 Å². The van der Waals surface area contributed by atoms with Gasteiger partial charge in [-0.3, -0.25) is 4.79 Å². The minimum Gasteiger partial charge on any atom is -0.477 e. The minimum atomic E-state index is -4.54. The van der Waals surface area contributed by atoms with Gasteiger partial charge in [-0.1, -0.05) is 48.0 Å². The number of carboxylic acids is 1. The van der Waals surface area contributed by atoms with Crippen LogP contribution in [0.25, 0.3) is 16.6 Å². The number of carboxylic acid groups (broad SMARTS) is 1. The molecule has 0 bridgehead atoms. The van der Waals surface area contributed by atoms with E-state index in [1.807, 2.05) is 0 Å². The van der Waals surface area contributed by atoms with Crippen LogP contribution >= 0.6 is 11.6 Å². The molecule has 0 amide bonds. The zero-order valence-electron chi connectivity index (χ0n) is 15.7. The molecule has 1 aromatic heterocycles. The Labute approximate surface area is 179 Å². The fourth-order valence-electron chi connectivity index (χ4n) is 3.49. The molecule has 156 valence electrons. The average Bonchev–Trinajstić information content (AvgIpc) is 3.07. The molecule has 1 heterocycles. The third-order valence-electron chi connectivity index (χ3n) is 4.85. The first kappa shape index (κ1) is 20.7. The Morgan fingerprint density at radius 2 is 1.55 bits per heavy atom. The molecule has 0 aliphatic rings. The molecule has 0 spiro atoms. The van der Waals surface area contributed by atoms with Gasteiger partial charge in [0.15, 0.2) is 5.78 Å². The van der Waals surface area contributed by atoms with E-state index in [9.17, 15) is 27.9 Å². The molecule has 31 heavy (non-hydrogen) atoms. The Hall–Kier alpha value is -3.58. The van der Waals surface area contributed by atoms with E-state index in [2.05, 4.69) is 0 Å². The van der Waals surface area contributed by atoms with Crippen molar-refractivity contribution in [2.24, 2.45) is 0 Å². The molecule has 0 radical (unpaired) electrons. The first-order valence-electron chi connectivity index (χ1n) is 9.03. The number of benzene rings is 3. The molecule has 4 nitrogen and oxygen atoms in total. The van der Waals surface area contributed by atoms with Crippen LogP contribution in [0.1, 0.15) is 32.0 Å². The predicted octanol–water partition coefficient (Wildman–Crippen LogP) is 6.23. The van der Waals surface area contributed by atoms with Crippen LogP contribution in [0.4, 0.5) is 13.2 Å². The van der Waals surface area contributed by atoms with Gasteiger partial charge in [0, 0.05) is 21.7 Å². The Morgan fingerprint density at radius 3 is 2.13 bits per heavy atom. The number of aromatic carboxylic acids is 1. The summed E-state index contributed by atoms with van der Waals surface area (Å²) in [4.78, 5) is 25.5. The van der Waals surface area contributed by atoms with Crippen molar-refractivity contribution in [2.45, 2.75) is 6.18 Å². The number of aromatic nitrogens is 1. The highest BCUT2D eigenvalue weighted by atomic mass is 35.5. The normalized spacial score (nSPS) is 11.6. The lowest BCUT2D eigenvalue weighted by atomic mass is 10.00. The smallest absolute Gasteiger partial charge is 0.416 e.